The minimum Gasteiger partial charge on any atom is -0.393 e. The molecule has 29 heavy (non-hydrogen) atoms. The number of aliphatic hydroxyl groups is 2. The van der Waals surface area contributed by atoms with E-state index in [9.17, 15) is 10.2 Å². The molecular formula is C25H45NO3. The second kappa shape index (κ2) is 8.41. The van der Waals surface area contributed by atoms with Crippen molar-refractivity contribution >= 4 is 0 Å². The monoisotopic (exact) mass is 407 g/mol. The Hall–Kier alpha value is -0.160. The summed E-state index contributed by atoms with van der Waals surface area (Å²) in [4.78, 5) is 2.24. The van der Waals surface area contributed by atoms with Crippen molar-refractivity contribution < 1.29 is 14.9 Å². The molecule has 4 aliphatic rings. The van der Waals surface area contributed by atoms with Gasteiger partial charge in [0.1, 0.15) is 0 Å². The minimum atomic E-state index is -0.193. The van der Waals surface area contributed by atoms with Gasteiger partial charge in [0.15, 0.2) is 0 Å². The summed E-state index contributed by atoms with van der Waals surface area (Å²) in [5.74, 6) is 2.32. The standard InChI is InChI=1S/C25H45NO3/c1-24-11-9-17(29-14-6-5-13-26(3)4)15-21(24)22(27)16-18-19-7-8-23(28)25(19,2)12-10-20(18)24/h17-23,27-28H,5-16H2,1-4H3/t17-,18-,19-,20-,21+,22-,23?,24+,25-/m0/s1. The first-order valence-electron chi connectivity index (χ1n) is 12.4. The Balaban J connectivity index is 1.38. The van der Waals surface area contributed by atoms with Crippen LogP contribution in [0.5, 0.6) is 0 Å². The number of fused-ring (bicyclic) bond motifs is 5. The van der Waals surface area contributed by atoms with Gasteiger partial charge in [0.2, 0.25) is 0 Å². The van der Waals surface area contributed by atoms with Crippen LogP contribution >= 0.6 is 0 Å². The molecule has 0 spiro atoms. The van der Waals surface area contributed by atoms with Gasteiger partial charge in [0.05, 0.1) is 18.3 Å². The second-order valence-electron chi connectivity index (χ2n) is 11.7. The average Bonchev–Trinajstić information content (AvgIpc) is 2.97. The van der Waals surface area contributed by atoms with Crippen LogP contribution in [0.25, 0.3) is 0 Å². The summed E-state index contributed by atoms with van der Waals surface area (Å²) >= 11 is 0. The average molecular weight is 408 g/mol. The normalized spacial score (nSPS) is 49.6. The number of rotatable bonds is 6. The molecule has 0 aromatic rings. The van der Waals surface area contributed by atoms with Gasteiger partial charge in [-0.25, -0.2) is 0 Å². The Labute approximate surface area is 178 Å². The zero-order chi connectivity index (χ0) is 20.8. The lowest BCUT2D eigenvalue weighted by molar-refractivity contribution is -0.179. The predicted octanol–water partition coefficient (Wildman–Crippen LogP) is 4.09. The molecule has 168 valence electrons. The van der Waals surface area contributed by atoms with E-state index >= 15 is 0 Å². The molecule has 0 aliphatic heterocycles. The van der Waals surface area contributed by atoms with Gasteiger partial charge < -0.3 is 19.8 Å². The number of unbranched alkanes of at least 4 members (excludes halogenated alkanes) is 1. The molecule has 4 fully saturated rings. The van der Waals surface area contributed by atoms with Gasteiger partial charge in [-0.1, -0.05) is 13.8 Å². The fraction of sp³-hybridized carbons (Fsp3) is 1.00. The lowest BCUT2D eigenvalue weighted by Crippen LogP contribution is -2.58. The van der Waals surface area contributed by atoms with E-state index in [-0.39, 0.29) is 23.0 Å². The number of ether oxygens (including phenoxy) is 1. The fourth-order valence-corrected chi connectivity index (χ4v) is 8.17. The van der Waals surface area contributed by atoms with Crippen LogP contribution in [0, 0.1) is 34.5 Å². The maximum absolute atomic E-state index is 11.2. The molecule has 2 N–H and O–H groups in total. The topological polar surface area (TPSA) is 52.9 Å². The maximum atomic E-state index is 11.2. The zero-order valence-electron chi connectivity index (χ0n) is 19.3. The van der Waals surface area contributed by atoms with Gasteiger partial charge in [0, 0.05) is 6.61 Å². The summed E-state index contributed by atoms with van der Waals surface area (Å²) in [6.45, 7) is 6.81. The Kier molecular flexibility index (Phi) is 6.39. The molecule has 4 nitrogen and oxygen atoms in total. The smallest absolute Gasteiger partial charge is 0.0596 e. The van der Waals surface area contributed by atoms with Crippen LogP contribution in [0.1, 0.15) is 78.1 Å². The Morgan fingerprint density at radius 3 is 2.34 bits per heavy atom. The predicted molar refractivity (Wildman–Crippen MR) is 117 cm³/mol. The van der Waals surface area contributed by atoms with Crippen LogP contribution in [-0.2, 0) is 4.74 Å². The molecule has 0 radical (unpaired) electrons. The van der Waals surface area contributed by atoms with Crippen molar-refractivity contribution in [3.05, 3.63) is 0 Å². The zero-order valence-corrected chi connectivity index (χ0v) is 19.3. The molecule has 4 aliphatic carbocycles. The Morgan fingerprint density at radius 2 is 1.59 bits per heavy atom. The third-order valence-corrected chi connectivity index (χ3v) is 9.93. The summed E-state index contributed by atoms with van der Waals surface area (Å²) in [5.41, 5.74) is 0.346. The minimum absolute atomic E-state index is 0.0942. The maximum Gasteiger partial charge on any atom is 0.0596 e. The number of hydrogen-bond donors (Lipinski definition) is 2. The lowest BCUT2D eigenvalue weighted by Gasteiger charge is -2.62. The van der Waals surface area contributed by atoms with Crippen molar-refractivity contribution in [2.75, 3.05) is 27.2 Å². The summed E-state index contributed by atoms with van der Waals surface area (Å²) < 4.78 is 6.28. The highest BCUT2D eigenvalue weighted by Gasteiger charge is 2.62. The van der Waals surface area contributed by atoms with Crippen molar-refractivity contribution in [3.8, 4) is 0 Å². The quantitative estimate of drug-likeness (QED) is 0.651. The van der Waals surface area contributed by atoms with Crippen LogP contribution in [-0.4, -0.2) is 60.7 Å². The highest BCUT2D eigenvalue weighted by Crippen LogP contribution is 2.66. The first kappa shape index (κ1) is 22.0. The summed E-state index contributed by atoms with van der Waals surface area (Å²) in [6.07, 6.45) is 11.2. The Bertz CT molecular complexity index is 568. The molecule has 9 atom stereocenters. The van der Waals surface area contributed by atoms with Gasteiger partial charge in [-0.05, 0) is 119 Å². The van der Waals surface area contributed by atoms with Crippen LogP contribution in [0.2, 0.25) is 0 Å². The second-order valence-corrected chi connectivity index (χ2v) is 11.7. The van der Waals surface area contributed by atoms with Gasteiger partial charge in [-0.15, -0.1) is 0 Å². The molecule has 0 saturated heterocycles. The van der Waals surface area contributed by atoms with E-state index < -0.39 is 0 Å². The van der Waals surface area contributed by atoms with Gasteiger partial charge >= 0.3 is 0 Å². The first-order valence-corrected chi connectivity index (χ1v) is 12.4. The van der Waals surface area contributed by atoms with Gasteiger partial charge in [-0.3, -0.25) is 0 Å². The largest absolute Gasteiger partial charge is 0.393 e. The van der Waals surface area contributed by atoms with Crippen LogP contribution < -0.4 is 0 Å². The number of nitrogens with zero attached hydrogens (tertiary/aromatic N) is 1. The van der Waals surface area contributed by atoms with E-state index in [1.807, 2.05) is 0 Å². The first-order chi connectivity index (χ1) is 13.8. The van der Waals surface area contributed by atoms with E-state index in [1.54, 1.807) is 0 Å². The summed E-state index contributed by atoms with van der Waals surface area (Å²) in [5, 5.41) is 21.9. The molecule has 0 heterocycles. The molecular weight excluding hydrogens is 362 g/mol. The third-order valence-electron chi connectivity index (χ3n) is 9.93. The third kappa shape index (κ3) is 3.92. The van der Waals surface area contributed by atoms with Gasteiger partial charge in [0.25, 0.3) is 0 Å². The highest BCUT2D eigenvalue weighted by atomic mass is 16.5. The molecule has 0 amide bonds. The van der Waals surface area contributed by atoms with E-state index in [1.165, 1.54) is 25.7 Å². The molecule has 0 aromatic heterocycles. The van der Waals surface area contributed by atoms with E-state index in [0.717, 1.165) is 57.6 Å². The van der Waals surface area contributed by atoms with Gasteiger partial charge in [-0.2, -0.15) is 0 Å². The van der Waals surface area contributed by atoms with Crippen molar-refractivity contribution in [2.45, 2.75) is 96.4 Å². The van der Waals surface area contributed by atoms with Crippen molar-refractivity contribution in [2.24, 2.45) is 34.5 Å². The molecule has 4 heteroatoms. The number of hydrogen-bond acceptors (Lipinski definition) is 4. The summed E-state index contributed by atoms with van der Waals surface area (Å²) in [7, 11) is 4.25. The van der Waals surface area contributed by atoms with E-state index in [4.69, 9.17) is 4.74 Å². The molecule has 0 aromatic carbocycles. The fourth-order valence-electron chi connectivity index (χ4n) is 8.17. The van der Waals surface area contributed by atoms with Crippen LogP contribution in [0.15, 0.2) is 0 Å². The van der Waals surface area contributed by atoms with Crippen LogP contribution in [0.3, 0.4) is 0 Å². The summed E-state index contributed by atoms with van der Waals surface area (Å²) in [6, 6.07) is 0. The van der Waals surface area contributed by atoms with E-state index in [0.29, 0.717) is 23.9 Å². The van der Waals surface area contributed by atoms with Crippen molar-refractivity contribution in [3.63, 3.8) is 0 Å². The molecule has 0 bridgehead atoms. The molecule has 1 unspecified atom stereocenters. The van der Waals surface area contributed by atoms with Crippen molar-refractivity contribution in [1.82, 2.24) is 4.90 Å². The molecule has 4 saturated carbocycles. The SMILES string of the molecule is CN(C)CCCCO[C@H]1CC[C@@]2(C)[C@H](C1)[C@@H](O)C[C@@H]1[C@@H]2CC[C@]2(C)C(O)CC[C@@H]12. The van der Waals surface area contributed by atoms with E-state index in [2.05, 4.69) is 32.8 Å². The highest BCUT2D eigenvalue weighted by molar-refractivity contribution is 5.11. The van der Waals surface area contributed by atoms with Crippen LogP contribution in [0.4, 0.5) is 0 Å². The Morgan fingerprint density at radius 1 is 0.862 bits per heavy atom. The lowest BCUT2D eigenvalue weighted by atomic mass is 9.44. The number of aliphatic hydroxyl groups excluding tert-OH is 2. The molecule has 4 rings (SSSR count). The van der Waals surface area contributed by atoms with Crippen molar-refractivity contribution in [1.29, 1.82) is 0 Å².